The van der Waals surface area contributed by atoms with E-state index in [9.17, 15) is 4.79 Å². The largest absolute Gasteiger partial charge is 0.443 e. The highest BCUT2D eigenvalue weighted by Crippen LogP contribution is 2.17. The first-order chi connectivity index (χ1) is 7.72. The second kappa shape index (κ2) is 4.52. The summed E-state index contributed by atoms with van der Waals surface area (Å²) in [5, 5.41) is 4.54. The molecule has 0 unspecified atom stereocenters. The van der Waals surface area contributed by atoms with E-state index < -0.39 is 6.09 Å². The fourth-order valence-corrected chi connectivity index (χ4v) is 2.22. The van der Waals surface area contributed by atoms with Crippen LogP contribution < -0.4 is 5.32 Å². The molecule has 2 rings (SSSR count). The number of carbonyl (C=O) groups is 1. The van der Waals surface area contributed by atoms with Crippen LogP contribution in [0.15, 0.2) is 11.6 Å². The molecule has 0 fully saturated rings. The van der Waals surface area contributed by atoms with Gasteiger partial charge in [-0.3, -0.25) is 4.40 Å². The highest BCUT2D eigenvalue weighted by molar-refractivity contribution is 7.15. The number of nitrogens with zero attached hydrogens (tertiary/aromatic N) is 2. The van der Waals surface area contributed by atoms with Gasteiger partial charge in [0.25, 0.3) is 0 Å². The van der Waals surface area contributed by atoms with Crippen LogP contribution in [0.1, 0.15) is 18.3 Å². The Morgan fingerprint density at radius 3 is 3.25 bits per heavy atom. The van der Waals surface area contributed by atoms with Crippen molar-refractivity contribution >= 4 is 22.4 Å². The first-order valence-electron chi connectivity index (χ1n) is 5.04. The molecule has 6 heteroatoms. The fraction of sp³-hybridized carbons (Fsp3) is 0.400. The van der Waals surface area contributed by atoms with E-state index in [1.807, 2.05) is 29.8 Å². The number of amides is 1. The minimum absolute atomic E-state index is 0.246. The lowest BCUT2D eigenvalue weighted by Crippen LogP contribution is -2.23. The van der Waals surface area contributed by atoms with Crippen molar-refractivity contribution in [1.29, 1.82) is 0 Å². The molecular formula is C10H13N3O2S. The summed E-state index contributed by atoms with van der Waals surface area (Å²) in [4.78, 5) is 16.5. The van der Waals surface area contributed by atoms with Gasteiger partial charge in [-0.05, 0) is 13.8 Å². The Kier molecular flexibility index (Phi) is 3.09. The summed E-state index contributed by atoms with van der Waals surface area (Å²) >= 11 is 1.56. The van der Waals surface area contributed by atoms with Crippen molar-refractivity contribution in [2.45, 2.75) is 20.5 Å². The predicted octanol–water partition coefficient (Wildman–Crippen LogP) is 1.95. The molecule has 16 heavy (non-hydrogen) atoms. The van der Waals surface area contributed by atoms with Crippen LogP contribution in [0.3, 0.4) is 0 Å². The summed E-state index contributed by atoms with van der Waals surface area (Å²) in [5.41, 5.74) is 1.82. The normalized spacial score (nSPS) is 10.6. The number of nitrogens with one attached hydrogen (secondary N) is 1. The lowest BCUT2D eigenvalue weighted by Gasteiger charge is -2.04. The summed E-state index contributed by atoms with van der Waals surface area (Å²) in [6, 6.07) is 0. The molecule has 0 atom stereocenters. The van der Waals surface area contributed by atoms with E-state index in [4.69, 9.17) is 4.74 Å². The SMILES string of the molecule is CCNC(=O)OCc1c(C)nc2sccn12. The molecule has 0 saturated heterocycles. The van der Waals surface area contributed by atoms with Gasteiger partial charge in [-0.2, -0.15) is 0 Å². The minimum atomic E-state index is -0.396. The summed E-state index contributed by atoms with van der Waals surface area (Å²) in [7, 11) is 0. The Morgan fingerprint density at radius 1 is 1.69 bits per heavy atom. The van der Waals surface area contributed by atoms with Gasteiger partial charge >= 0.3 is 6.09 Å². The number of rotatable bonds is 3. The van der Waals surface area contributed by atoms with Gasteiger partial charge in [0.05, 0.1) is 11.4 Å². The third kappa shape index (κ3) is 2.01. The van der Waals surface area contributed by atoms with Gasteiger partial charge in [-0.25, -0.2) is 9.78 Å². The van der Waals surface area contributed by atoms with Crippen LogP contribution in [0.2, 0.25) is 0 Å². The van der Waals surface area contributed by atoms with Crippen molar-refractivity contribution in [3.8, 4) is 0 Å². The van der Waals surface area contributed by atoms with Crippen LogP contribution in [0.25, 0.3) is 4.96 Å². The standard InChI is InChI=1S/C10H13N3O2S/c1-3-11-10(14)15-6-8-7(2)12-9-13(8)4-5-16-9/h4-5H,3,6H2,1-2H3,(H,11,14). The van der Waals surface area contributed by atoms with E-state index in [-0.39, 0.29) is 6.61 Å². The number of imidazole rings is 1. The number of hydrogen-bond donors (Lipinski definition) is 1. The quantitative estimate of drug-likeness (QED) is 0.890. The van der Waals surface area contributed by atoms with Gasteiger partial charge in [0.15, 0.2) is 4.96 Å². The van der Waals surface area contributed by atoms with Gasteiger partial charge in [0.1, 0.15) is 6.61 Å². The Labute approximate surface area is 97.1 Å². The molecule has 2 heterocycles. The van der Waals surface area contributed by atoms with Crippen LogP contribution in [-0.4, -0.2) is 22.0 Å². The van der Waals surface area contributed by atoms with Crippen LogP contribution >= 0.6 is 11.3 Å². The molecule has 5 nitrogen and oxygen atoms in total. The predicted molar refractivity (Wildman–Crippen MR) is 61.7 cm³/mol. The molecule has 0 bridgehead atoms. The fourth-order valence-electron chi connectivity index (χ4n) is 1.44. The summed E-state index contributed by atoms with van der Waals surface area (Å²) in [6.45, 7) is 4.58. The number of ether oxygens (including phenoxy) is 1. The maximum absolute atomic E-state index is 11.2. The lowest BCUT2D eigenvalue weighted by atomic mass is 10.4. The lowest BCUT2D eigenvalue weighted by molar-refractivity contribution is 0.138. The van der Waals surface area contributed by atoms with E-state index in [1.165, 1.54) is 0 Å². The maximum atomic E-state index is 11.2. The Hall–Kier alpha value is -1.56. The summed E-state index contributed by atoms with van der Waals surface area (Å²) in [6.07, 6.45) is 1.53. The Bertz CT molecular complexity index is 503. The number of aromatic nitrogens is 2. The molecule has 0 spiro atoms. The van der Waals surface area contributed by atoms with Crippen molar-refractivity contribution < 1.29 is 9.53 Å². The zero-order valence-corrected chi connectivity index (χ0v) is 10.0. The van der Waals surface area contributed by atoms with Crippen molar-refractivity contribution in [3.63, 3.8) is 0 Å². The second-order valence-corrected chi connectivity index (χ2v) is 4.18. The first-order valence-corrected chi connectivity index (χ1v) is 5.92. The second-order valence-electron chi connectivity index (χ2n) is 3.31. The molecule has 0 radical (unpaired) electrons. The molecule has 0 aromatic carbocycles. The van der Waals surface area contributed by atoms with E-state index in [0.717, 1.165) is 16.3 Å². The molecule has 1 amide bonds. The number of alkyl carbamates (subject to hydrolysis) is 1. The molecule has 2 aromatic rings. The maximum Gasteiger partial charge on any atom is 0.407 e. The number of aryl methyl sites for hydroxylation is 1. The van der Waals surface area contributed by atoms with Crippen molar-refractivity contribution in [1.82, 2.24) is 14.7 Å². The van der Waals surface area contributed by atoms with Crippen molar-refractivity contribution in [3.05, 3.63) is 23.0 Å². The zero-order valence-electron chi connectivity index (χ0n) is 9.19. The molecule has 0 aliphatic heterocycles. The number of fused-ring (bicyclic) bond motifs is 1. The summed E-state index contributed by atoms with van der Waals surface area (Å²) in [5.74, 6) is 0. The van der Waals surface area contributed by atoms with Crippen LogP contribution in [0.4, 0.5) is 4.79 Å². The molecule has 1 N–H and O–H groups in total. The molecular weight excluding hydrogens is 226 g/mol. The third-order valence-corrected chi connectivity index (χ3v) is 2.98. The smallest absolute Gasteiger partial charge is 0.407 e. The average Bonchev–Trinajstić information content (AvgIpc) is 2.76. The third-order valence-electron chi connectivity index (χ3n) is 2.22. The van der Waals surface area contributed by atoms with Crippen LogP contribution in [0, 0.1) is 6.92 Å². The molecule has 0 aliphatic carbocycles. The van der Waals surface area contributed by atoms with E-state index in [0.29, 0.717) is 6.54 Å². The first kappa shape index (κ1) is 10.9. The Morgan fingerprint density at radius 2 is 2.50 bits per heavy atom. The van der Waals surface area contributed by atoms with Gasteiger partial charge in [0.2, 0.25) is 0 Å². The number of hydrogen-bond acceptors (Lipinski definition) is 4. The van der Waals surface area contributed by atoms with E-state index in [2.05, 4.69) is 10.3 Å². The van der Waals surface area contributed by atoms with Crippen molar-refractivity contribution in [2.24, 2.45) is 0 Å². The average molecular weight is 239 g/mol. The number of carbonyl (C=O) groups excluding carboxylic acids is 1. The van der Waals surface area contributed by atoms with Crippen LogP contribution in [-0.2, 0) is 11.3 Å². The topological polar surface area (TPSA) is 55.6 Å². The molecule has 86 valence electrons. The zero-order chi connectivity index (χ0) is 11.5. The van der Waals surface area contributed by atoms with Gasteiger partial charge in [-0.15, -0.1) is 11.3 Å². The monoisotopic (exact) mass is 239 g/mol. The summed E-state index contributed by atoms with van der Waals surface area (Å²) < 4.78 is 7.02. The van der Waals surface area contributed by atoms with Crippen LogP contribution in [0.5, 0.6) is 0 Å². The van der Waals surface area contributed by atoms with E-state index in [1.54, 1.807) is 11.3 Å². The number of thiazole rings is 1. The molecule has 2 aromatic heterocycles. The highest BCUT2D eigenvalue weighted by Gasteiger charge is 2.11. The van der Waals surface area contributed by atoms with Gasteiger partial charge in [0, 0.05) is 18.1 Å². The van der Waals surface area contributed by atoms with Crippen molar-refractivity contribution in [2.75, 3.05) is 6.54 Å². The molecule has 0 saturated carbocycles. The highest BCUT2D eigenvalue weighted by atomic mass is 32.1. The van der Waals surface area contributed by atoms with Gasteiger partial charge in [-0.1, -0.05) is 0 Å². The van der Waals surface area contributed by atoms with E-state index >= 15 is 0 Å². The van der Waals surface area contributed by atoms with Gasteiger partial charge < -0.3 is 10.1 Å². The Balaban J connectivity index is 2.11. The minimum Gasteiger partial charge on any atom is -0.443 e. The molecule has 0 aliphatic rings.